The van der Waals surface area contributed by atoms with Crippen LogP contribution in [0, 0.1) is 0 Å². The molecule has 2 aromatic rings. The van der Waals surface area contributed by atoms with Crippen LogP contribution >= 0.6 is 23.2 Å². The number of rotatable bonds is 3. The van der Waals surface area contributed by atoms with Crippen LogP contribution in [-0.4, -0.2) is 39.4 Å². The Bertz CT molecular complexity index is 702. The monoisotopic (exact) mass is 353 g/mol. The van der Waals surface area contributed by atoms with Crippen LogP contribution in [0.25, 0.3) is 11.4 Å². The Morgan fingerprint density at radius 1 is 1.48 bits per heavy atom. The van der Waals surface area contributed by atoms with Gasteiger partial charge in [0.05, 0.1) is 5.92 Å². The van der Waals surface area contributed by atoms with Gasteiger partial charge in [0.15, 0.2) is 0 Å². The van der Waals surface area contributed by atoms with Gasteiger partial charge in [0.2, 0.25) is 17.6 Å². The second-order valence-electron chi connectivity index (χ2n) is 5.71. The molecule has 2 atom stereocenters. The van der Waals surface area contributed by atoms with E-state index in [0.717, 1.165) is 24.9 Å². The van der Waals surface area contributed by atoms with Crippen LogP contribution in [0.2, 0.25) is 5.02 Å². The van der Waals surface area contributed by atoms with E-state index in [4.69, 9.17) is 27.7 Å². The molecule has 1 amide bonds. The molecule has 0 bridgehead atoms. The number of halogens is 2. The Kier molecular flexibility index (Phi) is 4.87. The third kappa shape index (κ3) is 3.67. The second-order valence-corrected chi connectivity index (χ2v) is 6.80. The van der Waals surface area contributed by atoms with Gasteiger partial charge in [-0.05, 0) is 31.9 Å². The maximum absolute atomic E-state index is 12.1. The largest absolute Gasteiger partial charge is 0.341 e. The molecule has 122 valence electrons. The molecule has 5 nitrogen and oxygen atoms in total. The van der Waals surface area contributed by atoms with Crippen molar-refractivity contribution in [2.45, 2.75) is 31.1 Å². The quantitative estimate of drug-likeness (QED) is 0.789. The highest BCUT2D eigenvalue weighted by molar-refractivity contribution is 6.31. The predicted molar refractivity (Wildman–Crippen MR) is 88.6 cm³/mol. The maximum atomic E-state index is 12.1. The van der Waals surface area contributed by atoms with E-state index in [1.54, 1.807) is 24.0 Å². The van der Waals surface area contributed by atoms with Crippen molar-refractivity contribution in [2.24, 2.45) is 0 Å². The van der Waals surface area contributed by atoms with E-state index >= 15 is 0 Å². The highest BCUT2D eigenvalue weighted by atomic mass is 35.5. The van der Waals surface area contributed by atoms with Crippen molar-refractivity contribution in [1.29, 1.82) is 0 Å². The topological polar surface area (TPSA) is 59.2 Å². The molecule has 3 rings (SSSR count). The number of carbonyl (C=O) groups excluding carboxylic acids is 1. The first-order valence-corrected chi connectivity index (χ1v) is 8.38. The summed E-state index contributed by atoms with van der Waals surface area (Å²) in [5.41, 5.74) is 0.811. The fourth-order valence-corrected chi connectivity index (χ4v) is 3.10. The van der Waals surface area contributed by atoms with E-state index in [2.05, 4.69) is 10.1 Å². The number of amides is 1. The molecule has 1 aromatic heterocycles. The lowest BCUT2D eigenvalue weighted by Gasteiger charge is -2.31. The molecule has 1 saturated heterocycles. The molecule has 7 heteroatoms. The molecule has 1 aliphatic heterocycles. The van der Waals surface area contributed by atoms with Gasteiger partial charge in [-0.15, -0.1) is 11.6 Å². The van der Waals surface area contributed by atoms with Gasteiger partial charge < -0.3 is 9.42 Å². The van der Waals surface area contributed by atoms with E-state index in [1.807, 2.05) is 12.1 Å². The smallest absolute Gasteiger partial charge is 0.240 e. The van der Waals surface area contributed by atoms with Gasteiger partial charge in [-0.3, -0.25) is 4.79 Å². The van der Waals surface area contributed by atoms with Crippen LogP contribution < -0.4 is 0 Å². The van der Waals surface area contributed by atoms with Crippen LogP contribution in [-0.2, 0) is 4.79 Å². The number of aromatic nitrogens is 2. The number of alkyl halides is 1. The van der Waals surface area contributed by atoms with Crippen molar-refractivity contribution in [3.05, 3.63) is 35.2 Å². The molecule has 0 radical (unpaired) electrons. The van der Waals surface area contributed by atoms with E-state index in [9.17, 15) is 4.79 Å². The SMILES string of the molecule is CC(Cl)C(=O)N1CCCC(c2nc(-c3cccc(Cl)c3)no2)C1. The Labute approximate surface area is 144 Å². The van der Waals surface area contributed by atoms with E-state index in [1.165, 1.54) is 0 Å². The minimum atomic E-state index is -0.515. The average molecular weight is 354 g/mol. The Morgan fingerprint density at radius 3 is 3.04 bits per heavy atom. The van der Waals surface area contributed by atoms with Gasteiger partial charge in [0, 0.05) is 23.7 Å². The number of hydrogen-bond donors (Lipinski definition) is 0. The lowest BCUT2D eigenvalue weighted by atomic mass is 9.97. The Hall–Kier alpha value is -1.59. The number of piperidine rings is 1. The summed E-state index contributed by atoms with van der Waals surface area (Å²) in [6, 6.07) is 7.31. The molecular formula is C16H17Cl2N3O2. The van der Waals surface area contributed by atoms with Crippen LogP contribution in [0.4, 0.5) is 0 Å². The van der Waals surface area contributed by atoms with Crippen LogP contribution in [0.1, 0.15) is 31.6 Å². The number of hydrogen-bond acceptors (Lipinski definition) is 4. The van der Waals surface area contributed by atoms with Gasteiger partial charge in [0.1, 0.15) is 5.38 Å². The Morgan fingerprint density at radius 2 is 2.30 bits per heavy atom. The number of nitrogens with zero attached hydrogens (tertiary/aromatic N) is 3. The van der Waals surface area contributed by atoms with E-state index < -0.39 is 5.38 Å². The van der Waals surface area contributed by atoms with Crippen LogP contribution in [0.3, 0.4) is 0 Å². The van der Waals surface area contributed by atoms with Crippen LogP contribution in [0.15, 0.2) is 28.8 Å². The second kappa shape index (κ2) is 6.89. The summed E-state index contributed by atoms with van der Waals surface area (Å²) in [4.78, 5) is 18.3. The van der Waals surface area contributed by atoms with Gasteiger partial charge >= 0.3 is 0 Å². The Balaban J connectivity index is 1.76. The third-order valence-electron chi connectivity index (χ3n) is 3.95. The first kappa shape index (κ1) is 16.3. The third-order valence-corrected chi connectivity index (χ3v) is 4.37. The van der Waals surface area contributed by atoms with Gasteiger partial charge in [-0.1, -0.05) is 28.9 Å². The molecule has 2 heterocycles. The molecule has 2 unspecified atom stereocenters. The summed E-state index contributed by atoms with van der Waals surface area (Å²) in [7, 11) is 0. The molecule has 0 spiro atoms. The van der Waals surface area contributed by atoms with Gasteiger partial charge in [-0.25, -0.2) is 0 Å². The number of carbonyl (C=O) groups is 1. The predicted octanol–water partition coefficient (Wildman–Crippen LogP) is 3.72. The zero-order valence-corrected chi connectivity index (χ0v) is 14.2. The summed E-state index contributed by atoms with van der Waals surface area (Å²) in [6.45, 7) is 2.98. The molecule has 1 fully saturated rings. The zero-order chi connectivity index (χ0) is 16.4. The molecule has 23 heavy (non-hydrogen) atoms. The molecule has 1 aliphatic rings. The fraction of sp³-hybridized carbons (Fsp3) is 0.438. The lowest BCUT2D eigenvalue weighted by Crippen LogP contribution is -2.42. The minimum absolute atomic E-state index is 0.0450. The number of benzene rings is 1. The summed E-state index contributed by atoms with van der Waals surface area (Å²) >= 11 is 11.9. The lowest BCUT2D eigenvalue weighted by molar-refractivity contribution is -0.131. The minimum Gasteiger partial charge on any atom is -0.341 e. The average Bonchev–Trinajstić information content (AvgIpc) is 3.04. The van der Waals surface area contributed by atoms with Crippen molar-refractivity contribution in [3.63, 3.8) is 0 Å². The molecule has 1 aromatic carbocycles. The highest BCUT2D eigenvalue weighted by Gasteiger charge is 2.30. The normalized spacial score (nSPS) is 19.6. The van der Waals surface area contributed by atoms with Crippen molar-refractivity contribution >= 4 is 29.1 Å². The van der Waals surface area contributed by atoms with Crippen molar-refractivity contribution < 1.29 is 9.32 Å². The molecular weight excluding hydrogens is 337 g/mol. The van der Waals surface area contributed by atoms with E-state index in [0.29, 0.717) is 23.3 Å². The maximum Gasteiger partial charge on any atom is 0.240 e. The standard InChI is InChI=1S/C16H17Cl2N3O2/c1-10(17)16(22)21-7-3-5-12(9-21)15-19-14(20-23-15)11-4-2-6-13(18)8-11/h2,4,6,8,10,12H,3,5,7,9H2,1H3. The number of likely N-dealkylation sites (tertiary alicyclic amines) is 1. The van der Waals surface area contributed by atoms with Gasteiger partial charge in [-0.2, -0.15) is 4.98 Å². The van der Waals surface area contributed by atoms with E-state index in [-0.39, 0.29) is 11.8 Å². The zero-order valence-electron chi connectivity index (χ0n) is 12.7. The van der Waals surface area contributed by atoms with Crippen molar-refractivity contribution in [3.8, 4) is 11.4 Å². The molecule has 0 aliphatic carbocycles. The summed E-state index contributed by atoms with van der Waals surface area (Å²) < 4.78 is 5.41. The summed E-state index contributed by atoms with van der Waals surface area (Å²) in [5.74, 6) is 1.06. The fourth-order valence-electron chi connectivity index (χ4n) is 2.78. The highest BCUT2D eigenvalue weighted by Crippen LogP contribution is 2.28. The summed E-state index contributed by atoms with van der Waals surface area (Å²) in [5, 5.41) is 4.14. The summed E-state index contributed by atoms with van der Waals surface area (Å²) in [6.07, 6.45) is 1.81. The van der Waals surface area contributed by atoms with Crippen molar-refractivity contribution in [2.75, 3.05) is 13.1 Å². The molecule has 0 N–H and O–H groups in total. The van der Waals surface area contributed by atoms with Gasteiger partial charge in [0.25, 0.3) is 0 Å². The van der Waals surface area contributed by atoms with Crippen LogP contribution in [0.5, 0.6) is 0 Å². The molecule has 0 saturated carbocycles. The van der Waals surface area contributed by atoms with Crippen molar-refractivity contribution in [1.82, 2.24) is 15.0 Å². The first-order chi connectivity index (χ1) is 11.0. The first-order valence-electron chi connectivity index (χ1n) is 7.57.